The van der Waals surface area contributed by atoms with Gasteiger partial charge in [-0.15, -0.1) is 0 Å². The van der Waals surface area contributed by atoms with Gasteiger partial charge in [0.25, 0.3) is 5.56 Å². The number of phosphoric ester groups is 1. The fourth-order valence-electron chi connectivity index (χ4n) is 2.92. The van der Waals surface area contributed by atoms with Crippen molar-refractivity contribution in [1.29, 1.82) is 0 Å². The standard InChI is InChI=1S/C16H19N4O9P/c1-7-2-3-9-8(4-7)17-12-14(18-16(25)19-15(12)24)20(9)5-10(21)13(23)11(22)6-29-30(26,27)28/h2-4,10-11,13,21-23H,5-6H2,1H3,(H,19,24,25)(H2,26,27,28)/t10-,11+,13-/m0/s1. The Morgan fingerprint density at radius 1 is 1.17 bits per heavy atom. The number of phosphoric acid groups is 1. The van der Waals surface area contributed by atoms with E-state index in [1.165, 1.54) is 4.57 Å². The highest BCUT2D eigenvalue weighted by molar-refractivity contribution is 7.46. The molecule has 2 heterocycles. The first-order valence-electron chi connectivity index (χ1n) is 8.62. The smallest absolute Gasteiger partial charge is 0.388 e. The van der Waals surface area contributed by atoms with Gasteiger partial charge in [-0.2, -0.15) is 4.98 Å². The molecule has 30 heavy (non-hydrogen) atoms. The maximum absolute atomic E-state index is 12.2. The molecular weight excluding hydrogens is 423 g/mol. The monoisotopic (exact) mass is 442 g/mol. The molecule has 0 amide bonds. The second-order valence-corrected chi connectivity index (χ2v) is 7.91. The molecule has 0 aliphatic carbocycles. The van der Waals surface area contributed by atoms with Crippen LogP contribution in [-0.2, 0) is 15.6 Å². The lowest BCUT2D eigenvalue weighted by atomic mass is 10.1. The number of nitrogens with one attached hydrogen (secondary N) is 1. The van der Waals surface area contributed by atoms with E-state index in [0.29, 0.717) is 11.0 Å². The van der Waals surface area contributed by atoms with E-state index in [2.05, 4.69) is 14.5 Å². The summed E-state index contributed by atoms with van der Waals surface area (Å²) in [5, 5.41) is 30.4. The van der Waals surface area contributed by atoms with Gasteiger partial charge >= 0.3 is 13.5 Å². The van der Waals surface area contributed by atoms with Crippen LogP contribution in [0.2, 0.25) is 0 Å². The van der Waals surface area contributed by atoms with E-state index in [4.69, 9.17) is 9.79 Å². The second-order valence-electron chi connectivity index (χ2n) is 6.67. The molecule has 0 saturated heterocycles. The lowest BCUT2D eigenvalue weighted by Gasteiger charge is -2.25. The third-order valence-electron chi connectivity index (χ3n) is 4.34. The van der Waals surface area contributed by atoms with Crippen LogP contribution in [0.15, 0.2) is 27.8 Å². The summed E-state index contributed by atoms with van der Waals surface area (Å²) in [6.07, 6.45) is -5.39. The van der Waals surface area contributed by atoms with Crippen molar-refractivity contribution in [3.63, 3.8) is 0 Å². The molecular formula is C16H19N4O9P. The number of aliphatic hydroxyl groups excluding tert-OH is 3. The molecule has 162 valence electrons. The zero-order valence-electron chi connectivity index (χ0n) is 15.5. The zero-order chi connectivity index (χ0) is 22.2. The molecule has 0 fully saturated rings. The minimum atomic E-state index is -4.89. The van der Waals surface area contributed by atoms with E-state index in [-0.39, 0.29) is 11.5 Å². The minimum absolute atomic E-state index is 0.146. The molecule has 3 rings (SSSR count). The summed E-state index contributed by atoms with van der Waals surface area (Å²) in [6, 6.07) is 5.02. The van der Waals surface area contributed by atoms with Crippen LogP contribution in [-0.4, -0.2) is 69.5 Å². The number of hydrogen-bond acceptors (Lipinski definition) is 9. The Morgan fingerprint density at radius 3 is 2.53 bits per heavy atom. The largest absolute Gasteiger partial charge is 0.469 e. The van der Waals surface area contributed by atoms with Crippen LogP contribution in [0.4, 0.5) is 0 Å². The highest BCUT2D eigenvalue weighted by atomic mass is 31.2. The number of aliphatic hydroxyl groups is 3. The molecule has 1 aromatic rings. The molecule has 0 saturated carbocycles. The second kappa shape index (κ2) is 8.32. The minimum Gasteiger partial charge on any atom is -0.388 e. The lowest BCUT2D eigenvalue weighted by molar-refractivity contribution is -0.0793. The first-order valence-corrected chi connectivity index (χ1v) is 10.1. The Balaban J connectivity index is 2.02. The van der Waals surface area contributed by atoms with Gasteiger partial charge in [0.1, 0.15) is 18.3 Å². The quantitative estimate of drug-likeness (QED) is 0.176. The number of hydrogen-bond donors (Lipinski definition) is 6. The highest BCUT2D eigenvalue weighted by Gasteiger charge is 2.29. The van der Waals surface area contributed by atoms with E-state index in [1.54, 1.807) is 25.1 Å². The average molecular weight is 442 g/mol. The predicted molar refractivity (Wildman–Crippen MR) is 102 cm³/mol. The van der Waals surface area contributed by atoms with Crippen molar-refractivity contribution >= 4 is 18.9 Å². The van der Waals surface area contributed by atoms with Crippen molar-refractivity contribution < 1.29 is 34.2 Å². The van der Waals surface area contributed by atoms with Gasteiger partial charge < -0.3 is 29.7 Å². The number of rotatable bonds is 7. The van der Waals surface area contributed by atoms with Gasteiger partial charge in [0.2, 0.25) is 0 Å². The van der Waals surface area contributed by atoms with E-state index in [1.807, 2.05) is 4.98 Å². The highest BCUT2D eigenvalue weighted by Crippen LogP contribution is 2.36. The van der Waals surface area contributed by atoms with Gasteiger partial charge in [-0.1, -0.05) is 6.07 Å². The van der Waals surface area contributed by atoms with Gasteiger partial charge in [0.05, 0.1) is 24.2 Å². The SMILES string of the molecule is Cc1ccc2c(c1)nc1c(=O)[nH]c(=O)nc-1n2C[C@H](O)[C@H](O)[C@H](O)COP(=O)(O)O. The fraction of sp³-hybridized carbons (Fsp3) is 0.375. The number of aromatic amines is 1. The zero-order valence-corrected chi connectivity index (χ0v) is 16.4. The number of H-pyrrole nitrogens is 1. The first kappa shape index (κ1) is 22.2. The predicted octanol–water partition coefficient (Wildman–Crippen LogP) is -1.91. The summed E-state index contributed by atoms with van der Waals surface area (Å²) in [5.74, 6) is -0.146. The maximum atomic E-state index is 12.2. The van der Waals surface area contributed by atoms with Crippen LogP contribution in [0.3, 0.4) is 0 Å². The summed E-state index contributed by atoms with van der Waals surface area (Å²) < 4.78 is 16.2. The third-order valence-corrected chi connectivity index (χ3v) is 4.82. The molecule has 0 unspecified atom stereocenters. The summed E-state index contributed by atoms with van der Waals surface area (Å²) in [6.45, 7) is 0.435. The number of benzene rings is 1. The number of aryl methyl sites for hydroxylation is 1. The summed E-state index contributed by atoms with van der Waals surface area (Å²) in [4.78, 5) is 51.2. The Bertz CT molecular complexity index is 1200. The van der Waals surface area contributed by atoms with Crippen molar-refractivity contribution in [3.8, 4) is 11.5 Å². The average Bonchev–Trinajstić information content (AvgIpc) is 2.65. The summed E-state index contributed by atoms with van der Waals surface area (Å²) in [7, 11) is -4.89. The first-order chi connectivity index (χ1) is 14.0. The third kappa shape index (κ3) is 4.79. The van der Waals surface area contributed by atoms with Crippen molar-refractivity contribution in [2.75, 3.05) is 6.61 Å². The van der Waals surface area contributed by atoms with Gasteiger partial charge in [-0.05, 0) is 24.6 Å². The van der Waals surface area contributed by atoms with Crippen LogP contribution in [0.25, 0.3) is 22.6 Å². The fourth-order valence-corrected chi connectivity index (χ4v) is 3.27. The van der Waals surface area contributed by atoms with Gasteiger partial charge in [0.15, 0.2) is 11.5 Å². The molecule has 0 spiro atoms. The molecule has 0 aromatic heterocycles. The van der Waals surface area contributed by atoms with E-state index >= 15 is 0 Å². The van der Waals surface area contributed by atoms with Crippen LogP contribution < -0.4 is 11.2 Å². The molecule has 2 aliphatic rings. The van der Waals surface area contributed by atoms with Crippen LogP contribution in [0.5, 0.6) is 0 Å². The van der Waals surface area contributed by atoms with E-state index in [9.17, 15) is 29.5 Å². The molecule has 6 N–H and O–H groups in total. The van der Waals surface area contributed by atoms with E-state index < -0.39 is 50.5 Å². The molecule has 0 bridgehead atoms. The molecule has 3 atom stereocenters. The van der Waals surface area contributed by atoms with Gasteiger partial charge in [-0.25, -0.2) is 14.3 Å². The summed E-state index contributed by atoms with van der Waals surface area (Å²) >= 11 is 0. The van der Waals surface area contributed by atoms with E-state index in [0.717, 1.165) is 5.56 Å². The van der Waals surface area contributed by atoms with Crippen molar-refractivity contribution in [2.45, 2.75) is 31.8 Å². The topological polar surface area (TPSA) is 208 Å². The van der Waals surface area contributed by atoms with Crippen molar-refractivity contribution in [1.82, 2.24) is 19.5 Å². The van der Waals surface area contributed by atoms with Crippen molar-refractivity contribution in [3.05, 3.63) is 44.6 Å². The van der Waals surface area contributed by atoms with Crippen LogP contribution >= 0.6 is 7.82 Å². The number of aromatic nitrogens is 4. The van der Waals surface area contributed by atoms with Gasteiger partial charge in [0, 0.05) is 0 Å². The lowest BCUT2D eigenvalue weighted by Crippen LogP contribution is -2.42. The molecule has 13 nitrogen and oxygen atoms in total. The molecule has 1 aromatic carbocycles. The molecule has 14 heteroatoms. The Hall–Kier alpha value is -2.51. The van der Waals surface area contributed by atoms with Crippen molar-refractivity contribution in [2.24, 2.45) is 0 Å². The Kier molecular flexibility index (Phi) is 6.15. The number of nitrogens with zero attached hydrogens (tertiary/aromatic N) is 3. The van der Waals surface area contributed by atoms with Crippen LogP contribution in [0.1, 0.15) is 5.56 Å². The van der Waals surface area contributed by atoms with Gasteiger partial charge in [-0.3, -0.25) is 14.3 Å². The summed E-state index contributed by atoms with van der Waals surface area (Å²) in [5.41, 5.74) is -0.304. The number of fused-ring (bicyclic) bond motifs is 2. The normalized spacial score (nSPS) is 15.4. The Morgan fingerprint density at radius 2 is 1.87 bits per heavy atom. The molecule has 2 aliphatic heterocycles. The maximum Gasteiger partial charge on any atom is 0.469 e. The van der Waals surface area contributed by atoms with Crippen LogP contribution in [0, 0.1) is 6.92 Å². The Labute approximate surface area is 167 Å². The molecule has 0 radical (unpaired) electrons.